The Morgan fingerprint density at radius 2 is 2.06 bits per heavy atom. The molecule has 2 aliphatic rings. The van der Waals surface area contributed by atoms with Crippen LogP contribution in [0.3, 0.4) is 0 Å². The van der Waals surface area contributed by atoms with Crippen LogP contribution in [0.2, 0.25) is 0 Å². The maximum Gasteiger partial charge on any atom is 0.326 e. The fourth-order valence-electron chi connectivity index (χ4n) is 2.40. The van der Waals surface area contributed by atoms with Gasteiger partial charge in [0.1, 0.15) is 12.6 Å². The van der Waals surface area contributed by atoms with Crippen LogP contribution in [0.1, 0.15) is 19.3 Å². The first-order valence-electron chi connectivity index (χ1n) is 6.14. The number of rotatable bonds is 1. The Labute approximate surface area is 105 Å². The van der Waals surface area contributed by atoms with E-state index in [1.54, 1.807) is 0 Å². The number of carboxylic acid groups (broad SMARTS) is 1. The number of hydrogen-bond acceptors (Lipinski definition) is 3. The molecule has 1 atom stereocenters. The molecule has 2 rings (SSSR count). The Hall–Kier alpha value is -1.79. The molecule has 1 unspecified atom stereocenters. The molecule has 0 aliphatic carbocycles. The summed E-state index contributed by atoms with van der Waals surface area (Å²) in [5.74, 6) is -1.16. The predicted molar refractivity (Wildman–Crippen MR) is 62.0 cm³/mol. The van der Waals surface area contributed by atoms with Gasteiger partial charge in [-0.15, -0.1) is 0 Å². The average molecular weight is 255 g/mol. The summed E-state index contributed by atoms with van der Waals surface area (Å²) in [5, 5.41) is 11.8. The van der Waals surface area contributed by atoms with Crippen molar-refractivity contribution in [3.8, 4) is 0 Å². The summed E-state index contributed by atoms with van der Waals surface area (Å²) in [4.78, 5) is 37.4. The lowest BCUT2D eigenvalue weighted by Gasteiger charge is -2.38. The van der Waals surface area contributed by atoms with Crippen molar-refractivity contribution in [1.29, 1.82) is 0 Å². The molecule has 7 nitrogen and oxygen atoms in total. The molecule has 2 saturated heterocycles. The van der Waals surface area contributed by atoms with E-state index in [9.17, 15) is 14.4 Å². The van der Waals surface area contributed by atoms with Gasteiger partial charge in [0.05, 0.1) is 0 Å². The highest BCUT2D eigenvalue weighted by atomic mass is 16.4. The van der Waals surface area contributed by atoms with Crippen molar-refractivity contribution in [3.63, 3.8) is 0 Å². The van der Waals surface area contributed by atoms with E-state index in [1.807, 2.05) is 0 Å². The van der Waals surface area contributed by atoms with Gasteiger partial charge in [0.25, 0.3) is 0 Å². The zero-order valence-electron chi connectivity index (χ0n) is 10.1. The second-order valence-corrected chi connectivity index (χ2v) is 4.60. The van der Waals surface area contributed by atoms with Crippen LogP contribution in [-0.4, -0.2) is 65.0 Å². The molecular weight excluding hydrogens is 238 g/mol. The molecule has 7 heteroatoms. The summed E-state index contributed by atoms with van der Waals surface area (Å²) in [5.41, 5.74) is 0. The van der Waals surface area contributed by atoms with Crippen molar-refractivity contribution in [1.82, 2.24) is 15.1 Å². The lowest BCUT2D eigenvalue weighted by molar-refractivity contribution is -0.143. The lowest BCUT2D eigenvalue weighted by Crippen LogP contribution is -2.58. The molecule has 0 saturated carbocycles. The molecule has 18 heavy (non-hydrogen) atoms. The minimum Gasteiger partial charge on any atom is -0.480 e. The van der Waals surface area contributed by atoms with E-state index in [-0.39, 0.29) is 18.5 Å². The molecule has 0 aromatic carbocycles. The third-order valence-corrected chi connectivity index (χ3v) is 3.34. The smallest absolute Gasteiger partial charge is 0.326 e. The second kappa shape index (κ2) is 5.24. The number of aliphatic carboxylic acids is 1. The molecule has 0 radical (unpaired) electrons. The largest absolute Gasteiger partial charge is 0.480 e. The Balaban J connectivity index is 2.05. The molecule has 2 N–H and O–H groups in total. The van der Waals surface area contributed by atoms with E-state index in [0.29, 0.717) is 26.1 Å². The minimum atomic E-state index is -0.968. The van der Waals surface area contributed by atoms with Gasteiger partial charge in [0.2, 0.25) is 5.91 Å². The van der Waals surface area contributed by atoms with Gasteiger partial charge in [-0.3, -0.25) is 4.79 Å². The van der Waals surface area contributed by atoms with E-state index >= 15 is 0 Å². The normalized spacial score (nSPS) is 24.7. The highest BCUT2D eigenvalue weighted by Crippen LogP contribution is 2.19. The number of carbonyl (C=O) groups is 3. The number of piperidine rings is 1. The summed E-state index contributed by atoms with van der Waals surface area (Å²) in [7, 11) is 0. The van der Waals surface area contributed by atoms with Gasteiger partial charge in [-0.2, -0.15) is 0 Å². The number of carboxylic acids is 1. The van der Waals surface area contributed by atoms with Gasteiger partial charge >= 0.3 is 12.0 Å². The van der Waals surface area contributed by atoms with Crippen LogP contribution in [-0.2, 0) is 9.59 Å². The highest BCUT2D eigenvalue weighted by molar-refractivity contribution is 5.87. The molecule has 2 heterocycles. The van der Waals surface area contributed by atoms with E-state index in [1.165, 1.54) is 9.80 Å². The number of piperazine rings is 1. The van der Waals surface area contributed by atoms with Crippen molar-refractivity contribution in [2.75, 3.05) is 26.2 Å². The molecule has 3 amide bonds. The first-order chi connectivity index (χ1) is 8.59. The average Bonchev–Trinajstić information content (AvgIpc) is 2.38. The van der Waals surface area contributed by atoms with E-state index in [4.69, 9.17) is 5.11 Å². The van der Waals surface area contributed by atoms with Gasteiger partial charge in [-0.1, -0.05) is 0 Å². The second-order valence-electron chi connectivity index (χ2n) is 4.60. The number of carbonyl (C=O) groups excluding carboxylic acids is 2. The van der Waals surface area contributed by atoms with Crippen LogP contribution >= 0.6 is 0 Å². The Morgan fingerprint density at radius 3 is 2.72 bits per heavy atom. The first-order valence-corrected chi connectivity index (χ1v) is 6.14. The zero-order valence-corrected chi connectivity index (χ0v) is 10.1. The fourth-order valence-corrected chi connectivity index (χ4v) is 2.40. The number of amides is 3. The Kier molecular flexibility index (Phi) is 3.69. The third kappa shape index (κ3) is 2.55. The fraction of sp³-hybridized carbons (Fsp3) is 0.727. The molecule has 0 aromatic heterocycles. The third-order valence-electron chi connectivity index (χ3n) is 3.34. The summed E-state index contributed by atoms with van der Waals surface area (Å²) < 4.78 is 0. The molecular formula is C11H17N3O4. The summed E-state index contributed by atoms with van der Waals surface area (Å²) in [6, 6.07) is -1.09. The van der Waals surface area contributed by atoms with Crippen LogP contribution in [0.15, 0.2) is 0 Å². The van der Waals surface area contributed by atoms with Crippen molar-refractivity contribution in [2.24, 2.45) is 0 Å². The van der Waals surface area contributed by atoms with Crippen molar-refractivity contribution in [2.45, 2.75) is 25.3 Å². The van der Waals surface area contributed by atoms with Gasteiger partial charge in [-0.25, -0.2) is 9.59 Å². The van der Waals surface area contributed by atoms with Gasteiger partial charge < -0.3 is 20.2 Å². The number of urea groups is 1. The first kappa shape index (κ1) is 12.7. The monoisotopic (exact) mass is 255 g/mol. The Bertz CT molecular complexity index is 371. The highest BCUT2D eigenvalue weighted by Gasteiger charge is 2.35. The molecule has 2 fully saturated rings. The van der Waals surface area contributed by atoms with Crippen molar-refractivity contribution >= 4 is 17.9 Å². The van der Waals surface area contributed by atoms with E-state index in [0.717, 1.165) is 12.8 Å². The summed E-state index contributed by atoms with van der Waals surface area (Å²) in [6.07, 6.45) is 2.12. The number of nitrogens with zero attached hydrogens (tertiary/aromatic N) is 2. The maximum atomic E-state index is 12.2. The van der Waals surface area contributed by atoms with Crippen LogP contribution in [0, 0.1) is 0 Å². The number of nitrogens with one attached hydrogen (secondary N) is 1. The van der Waals surface area contributed by atoms with Crippen LogP contribution in [0.5, 0.6) is 0 Å². The predicted octanol–water partition coefficient (Wildman–Crippen LogP) is -0.523. The molecule has 0 bridgehead atoms. The SMILES string of the molecule is O=C1CN(C(=O)N2CCCCC2C(=O)O)CCN1. The van der Waals surface area contributed by atoms with Crippen LogP contribution < -0.4 is 5.32 Å². The zero-order chi connectivity index (χ0) is 13.1. The van der Waals surface area contributed by atoms with E-state index < -0.39 is 12.0 Å². The molecule has 100 valence electrons. The van der Waals surface area contributed by atoms with Crippen molar-refractivity contribution in [3.05, 3.63) is 0 Å². The Morgan fingerprint density at radius 1 is 1.28 bits per heavy atom. The minimum absolute atomic E-state index is 0.0155. The summed E-state index contributed by atoms with van der Waals surface area (Å²) in [6.45, 7) is 1.33. The van der Waals surface area contributed by atoms with Crippen LogP contribution in [0.4, 0.5) is 4.79 Å². The van der Waals surface area contributed by atoms with Crippen LogP contribution in [0.25, 0.3) is 0 Å². The maximum absolute atomic E-state index is 12.2. The molecule has 0 aromatic rings. The van der Waals surface area contributed by atoms with Gasteiger partial charge in [-0.05, 0) is 19.3 Å². The van der Waals surface area contributed by atoms with Gasteiger partial charge in [0, 0.05) is 19.6 Å². The quantitative estimate of drug-likeness (QED) is 0.659. The lowest BCUT2D eigenvalue weighted by atomic mass is 10.0. The topological polar surface area (TPSA) is 90.0 Å². The summed E-state index contributed by atoms with van der Waals surface area (Å²) >= 11 is 0. The number of hydrogen-bond donors (Lipinski definition) is 2. The molecule has 2 aliphatic heterocycles. The standard InChI is InChI=1S/C11H17N3O4/c15-9-7-13(6-4-12-9)11(18)14-5-2-1-3-8(14)10(16)17/h8H,1-7H2,(H,12,15)(H,16,17). The van der Waals surface area contributed by atoms with E-state index in [2.05, 4.69) is 5.32 Å². The van der Waals surface area contributed by atoms with Gasteiger partial charge in [0.15, 0.2) is 0 Å². The number of likely N-dealkylation sites (tertiary alicyclic amines) is 1. The molecule has 0 spiro atoms. The van der Waals surface area contributed by atoms with Crippen molar-refractivity contribution < 1.29 is 19.5 Å².